The Bertz CT molecular complexity index is 650. The number of anilines is 1. The molecule has 1 unspecified atom stereocenters. The van der Waals surface area contributed by atoms with Crippen molar-refractivity contribution >= 4 is 17.1 Å². The molecule has 9 nitrogen and oxygen atoms in total. The number of ether oxygens (including phenoxy) is 1. The zero-order chi connectivity index (χ0) is 14.9. The second-order valence-corrected chi connectivity index (χ2v) is 4.54. The summed E-state index contributed by atoms with van der Waals surface area (Å²) >= 11 is 0. The summed E-state index contributed by atoms with van der Waals surface area (Å²) in [7, 11) is 0. The summed E-state index contributed by atoms with van der Waals surface area (Å²) in [6.07, 6.45) is -0.889. The van der Waals surface area contributed by atoms with Crippen LogP contribution in [0, 0.1) is 0 Å². The number of H-pyrrole nitrogens is 1. The van der Waals surface area contributed by atoms with E-state index in [9.17, 15) is 9.90 Å². The first-order chi connectivity index (χ1) is 9.43. The van der Waals surface area contributed by atoms with E-state index in [-0.39, 0.29) is 23.7 Å². The average Bonchev–Trinajstić information content (AvgIpc) is 2.79. The van der Waals surface area contributed by atoms with Gasteiger partial charge in [0, 0.05) is 0 Å². The number of rotatable bonds is 5. The van der Waals surface area contributed by atoms with Crippen molar-refractivity contribution in [1.29, 1.82) is 0 Å². The maximum Gasteiger partial charge on any atom is 0.280 e. The minimum Gasteiger partial charge on any atom is -0.394 e. The van der Waals surface area contributed by atoms with Crippen molar-refractivity contribution in [2.75, 3.05) is 12.3 Å². The molecule has 20 heavy (non-hydrogen) atoms. The molecule has 0 aliphatic rings. The van der Waals surface area contributed by atoms with Crippen LogP contribution in [0.15, 0.2) is 11.1 Å². The lowest BCUT2D eigenvalue weighted by molar-refractivity contribution is -0.116. The maximum atomic E-state index is 11.7. The lowest BCUT2D eigenvalue weighted by Gasteiger charge is -2.25. The molecule has 0 aliphatic heterocycles. The van der Waals surface area contributed by atoms with Crippen LogP contribution in [0.25, 0.3) is 11.2 Å². The lowest BCUT2D eigenvalue weighted by atomic mass is 10.3. The highest BCUT2D eigenvalue weighted by atomic mass is 16.5. The first-order valence-electron chi connectivity index (χ1n) is 6.10. The number of aliphatic hydroxyl groups excluding tert-OH is 2. The van der Waals surface area contributed by atoms with Crippen LogP contribution < -0.4 is 11.3 Å². The number of nitrogens with two attached hydrogens (primary N) is 1. The third kappa shape index (κ3) is 2.64. The molecule has 0 radical (unpaired) electrons. The summed E-state index contributed by atoms with van der Waals surface area (Å²) in [6.45, 7) is 2.98. The number of nitrogens with one attached hydrogen (secondary N) is 1. The summed E-state index contributed by atoms with van der Waals surface area (Å²) in [4.78, 5) is 22.0. The van der Waals surface area contributed by atoms with Crippen LogP contribution in [0.1, 0.15) is 20.1 Å². The van der Waals surface area contributed by atoms with Gasteiger partial charge in [0.15, 0.2) is 17.4 Å². The van der Waals surface area contributed by atoms with Crippen LogP contribution in [0.3, 0.4) is 0 Å². The smallest absolute Gasteiger partial charge is 0.280 e. The number of aromatic nitrogens is 4. The molecule has 0 amide bonds. The average molecular weight is 283 g/mol. The molecule has 0 saturated carbocycles. The minimum absolute atomic E-state index is 0.0520. The molecule has 0 aliphatic carbocycles. The van der Waals surface area contributed by atoms with Gasteiger partial charge >= 0.3 is 0 Å². The summed E-state index contributed by atoms with van der Waals surface area (Å²) in [5, 5.41) is 18.9. The minimum atomic E-state index is -0.899. The first-order valence-corrected chi connectivity index (χ1v) is 6.10. The Morgan fingerprint density at radius 3 is 2.85 bits per heavy atom. The lowest BCUT2D eigenvalue weighted by Crippen LogP contribution is -2.29. The normalized spacial score (nSPS) is 16.2. The Balaban J connectivity index is 2.51. The van der Waals surface area contributed by atoms with E-state index >= 15 is 0 Å². The Hall–Kier alpha value is -1.97. The molecule has 2 heterocycles. The molecule has 0 saturated heterocycles. The van der Waals surface area contributed by atoms with Crippen LogP contribution in [0.5, 0.6) is 0 Å². The zero-order valence-electron chi connectivity index (χ0n) is 11.1. The van der Waals surface area contributed by atoms with Crippen LogP contribution in [0.4, 0.5) is 5.95 Å². The molecular weight excluding hydrogens is 266 g/mol. The van der Waals surface area contributed by atoms with Crippen LogP contribution in [-0.4, -0.2) is 48.5 Å². The van der Waals surface area contributed by atoms with E-state index in [1.807, 2.05) is 0 Å². The van der Waals surface area contributed by atoms with Crippen molar-refractivity contribution in [3.8, 4) is 0 Å². The molecular formula is C11H17N5O4. The quantitative estimate of drug-likeness (QED) is 0.550. The molecule has 110 valence electrons. The summed E-state index contributed by atoms with van der Waals surface area (Å²) in [5.41, 5.74) is 5.35. The predicted octanol–water partition coefficient (Wildman–Crippen LogP) is -1.02. The van der Waals surface area contributed by atoms with Crippen molar-refractivity contribution in [3.63, 3.8) is 0 Å². The highest BCUT2D eigenvalue weighted by molar-refractivity contribution is 5.70. The molecule has 9 heteroatoms. The van der Waals surface area contributed by atoms with Crippen molar-refractivity contribution in [2.24, 2.45) is 0 Å². The van der Waals surface area contributed by atoms with Gasteiger partial charge in [-0.3, -0.25) is 14.3 Å². The second kappa shape index (κ2) is 5.57. The highest BCUT2D eigenvalue weighted by Crippen LogP contribution is 2.20. The van der Waals surface area contributed by atoms with E-state index < -0.39 is 24.0 Å². The van der Waals surface area contributed by atoms with E-state index in [1.165, 1.54) is 17.8 Å². The molecule has 2 aromatic rings. The molecule has 0 aromatic carbocycles. The van der Waals surface area contributed by atoms with Gasteiger partial charge in [0.05, 0.1) is 25.1 Å². The van der Waals surface area contributed by atoms with Crippen molar-refractivity contribution < 1.29 is 14.9 Å². The van der Waals surface area contributed by atoms with E-state index in [4.69, 9.17) is 15.6 Å². The number of nitrogen functional groups attached to an aromatic ring is 1. The van der Waals surface area contributed by atoms with Crippen molar-refractivity contribution in [2.45, 2.75) is 32.3 Å². The maximum absolute atomic E-state index is 11.7. The first kappa shape index (κ1) is 14.4. The van der Waals surface area contributed by atoms with Gasteiger partial charge in [-0.05, 0) is 13.8 Å². The predicted molar refractivity (Wildman–Crippen MR) is 70.9 cm³/mol. The summed E-state index contributed by atoms with van der Waals surface area (Å²) in [6, 6.07) is 0. The topological polar surface area (TPSA) is 139 Å². The Labute approximate surface area is 114 Å². The third-order valence-electron chi connectivity index (χ3n) is 2.77. The Kier molecular flexibility index (Phi) is 4.02. The summed E-state index contributed by atoms with van der Waals surface area (Å²) in [5.74, 6) is -0.0520. The molecule has 3 atom stereocenters. The molecule has 0 fully saturated rings. The number of hydrogen-bond acceptors (Lipinski definition) is 7. The third-order valence-corrected chi connectivity index (χ3v) is 2.77. The van der Waals surface area contributed by atoms with Gasteiger partial charge in [-0.2, -0.15) is 4.98 Å². The fraction of sp³-hybridized carbons (Fsp3) is 0.545. The SMILES string of the molecule is C[C@H](O)C(O[C@@H](C)CO)n1cnc2c(=O)[nH]c(N)nc21. The fourth-order valence-electron chi connectivity index (χ4n) is 1.82. The van der Waals surface area contributed by atoms with Gasteiger partial charge in [-0.15, -0.1) is 0 Å². The van der Waals surface area contributed by atoms with Gasteiger partial charge in [0.25, 0.3) is 5.56 Å². The number of fused-ring (bicyclic) bond motifs is 1. The highest BCUT2D eigenvalue weighted by Gasteiger charge is 2.23. The van der Waals surface area contributed by atoms with E-state index in [2.05, 4.69) is 15.0 Å². The molecule has 0 spiro atoms. The van der Waals surface area contributed by atoms with Crippen LogP contribution in [-0.2, 0) is 4.74 Å². The Morgan fingerprint density at radius 1 is 1.55 bits per heavy atom. The standard InChI is InChI=1S/C11H17N5O4/c1-5(3-17)20-10(6(2)18)16-4-13-7-8(16)14-11(12)15-9(7)19/h4-6,10,17-18H,3H2,1-2H3,(H3,12,14,15,19)/t5-,6-,10?/m0/s1. The number of nitrogens with zero attached hydrogens (tertiary/aromatic N) is 3. The van der Waals surface area contributed by atoms with E-state index in [0.717, 1.165) is 0 Å². The van der Waals surface area contributed by atoms with Crippen LogP contribution >= 0.6 is 0 Å². The Morgan fingerprint density at radius 2 is 2.25 bits per heavy atom. The molecule has 2 rings (SSSR count). The number of imidazole rings is 1. The van der Waals surface area contributed by atoms with Gasteiger partial charge in [-0.25, -0.2) is 4.98 Å². The van der Waals surface area contributed by atoms with E-state index in [1.54, 1.807) is 6.92 Å². The summed E-state index contributed by atoms with van der Waals surface area (Å²) < 4.78 is 6.94. The largest absolute Gasteiger partial charge is 0.394 e. The van der Waals surface area contributed by atoms with Gasteiger partial charge in [-0.1, -0.05) is 0 Å². The van der Waals surface area contributed by atoms with Crippen molar-refractivity contribution in [3.05, 3.63) is 16.7 Å². The monoisotopic (exact) mass is 283 g/mol. The number of hydrogen-bond donors (Lipinski definition) is 4. The molecule has 5 N–H and O–H groups in total. The molecule has 2 aromatic heterocycles. The van der Waals surface area contributed by atoms with E-state index in [0.29, 0.717) is 0 Å². The van der Waals surface area contributed by atoms with Gasteiger partial charge in [0.2, 0.25) is 5.95 Å². The van der Waals surface area contributed by atoms with Gasteiger partial charge < -0.3 is 20.7 Å². The number of aromatic amines is 1. The fourth-order valence-corrected chi connectivity index (χ4v) is 1.82. The number of aliphatic hydroxyl groups is 2. The zero-order valence-corrected chi connectivity index (χ0v) is 11.1. The van der Waals surface area contributed by atoms with Crippen molar-refractivity contribution in [1.82, 2.24) is 19.5 Å². The molecule has 0 bridgehead atoms. The second-order valence-electron chi connectivity index (χ2n) is 4.54. The van der Waals surface area contributed by atoms with Crippen LogP contribution in [0.2, 0.25) is 0 Å². The van der Waals surface area contributed by atoms with Gasteiger partial charge in [0.1, 0.15) is 0 Å².